The molecule has 0 unspecified atom stereocenters. The van der Waals surface area contributed by atoms with E-state index in [4.69, 9.17) is 10.2 Å². The van der Waals surface area contributed by atoms with E-state index in [9.17, 15) is 8.78 Å². The van der Waals surface area contributed by atoms with Gasteiger partial charge in [0.25, 0.3) is 0 Å². The van der Waals surface area contributed by atoms with Gasteiger partial charge >= 0.3 is 5.92 Å². The highest BCUT2D eigenvalue weighted by Gasteiger charge is 2.55. The van der Waals surface area contributed by atoms with E-state index in [1.54, 1.807) is 0 Å². The summed E-state index contributed by atoms with van der Waals surface area (Å²) in [6, 6.07) is 9.27. The molecule has 0 saturated carbocycles. The normalized spacial score (nSPS) is 23.5. The van der Waals surface area contributed by atoms with Gasteiger partial charge in [-0.2, -0.15) is 8.78 Å². The van der Waals surface area contributed by atoms with Gasteiger partial charge in [0.1, 0.15) is 0 Å². The topological polar surface area (TPSA) is 43.7 Å². The van der Waals surface area contributed by atoms with Crippen molar-refractivity contribution < 1.29 is 19.0 Å². The second-order valence-corrected chi connectivity index (χ2v) is 4.47. The second kappa shape index (κ2) is 4.33. The Hall–Kier alpha value is -1.04. The van der Waals surface area contributed by atoms with Gasteiger partial charge < -0.3 is 10.2 Å². The smallest absolute Gasteiger partial charge is 0.312 e. The van der Waals surface area contributed by atoms with Gasteiger partial charge in [-0.15, -0.1) is 0 Å². The Balaban J connectivity index is 2.02. The SMILES string of the molecule is OC1(O)CCN(Cc2ccccc2)CC1(F)F. The molecule has 0 radical (unpaired) electrons. The van der Waals surface area contributed by atoms with E-state index in [-0.39, 0.29) is 13.0 Å². The van der Waals surface area contributed by atoms with Crippen molar-refractivity contribution in [3.05, 3.63) is 35.9 Å². The van der Waals surface area contributed by atoms with Crippen LogP contribution in [0.2, 0.25) is 0 Å². The van der Waals surface area contributed by atoms with Crippen LogP contribution in [0.4, 0.5) is 8.78 Å². The zero-order valence-corrected chi connectivity index (χ0v) is 9.31. The average Bonchev–Trinajstić information content (AvgIpc) is 2.25. The fourth-order valence-electron chi connectivity index (χ4n) is 1.96. The zero-order chi connectivity index (χ0) is 12.5. The molecule has 1 aromatic rings. The Morgan fingerprint density at radius 3 is 2.41 bits per heavy atom. The Bertz CT molecular complexity index is 381. The predicted molar refractivity (Wildman–Crippen MR) is 58.5 cm³/mol. The van der Waals surface area contributed by atoms with Gasteiger partial charge in [0.2, 0.25) is 5.79 Å². The minimum Gasteiger partial charge on any atom is -0.361 e. The van der Waals surface area contributed by atoms with Crippen LogP contribution in [-0.4, -0.2) is 39.9 Å². The fourth-order valence-corrected chi connectivity index (χ4v) is 1.96. The van der Waals surface area contributed by atoms with Gasteiger partial charge in [-0.05, 0) is 5.56 Å². The molecule has 2 N–H and O–H groups in total. The third-order valence-electron chi connectivity index (χ3n) is 3.03. The summed E-state index contributed by atoms with van der Waals surface area (Å²) in [7, 11) is 0. The number of hydrogen-bond donors (Lipinski definition) is 2. The minimum atomic E-state index is -3.49. The number of aliphatic hydroxyl groups is 2. The molecular formula is C12H15F2NO2. The lowest BCUT2D eigenvalue weighted by Gasteiger charge is -2.40. The number of piperidine rings is 1. The maximum atomic E-state index is 13.4. The van der Waals surface area contributed by atoms with E-state index in [2.05, 4.69) is 0 Å². The van der Waals surface area contributed by atoms with Crippen LogP contribution in [0.15, 0.2) is 30.3 Å². The molecule has 1 fully saturated rings. The number of nitrogens with zero attached hydrogens (tertiary/aromatic N) is 1. The van der Waals surface area contributed by atoms with Crippen LogP contribution < -0.4 is 0 Å². The summed E-state index contributed by atoms with van der Waals surface area (Å²) in [5.41, 5.74) is 0.937. The first-order valence-electron chi connectivity index (χ1n) is 5.50. The molecule has 0 bridgehead atoms. The van der Waals surface area contributed by atoms with Crippen molar-refractivity contribution in [2.45, 2.75) is 24.7 Å². The first-order valence-corrected chi connectivity index (χ1v) is 5.50. The number of likely N-dealkylation sites (tertiary alicyclic amines) is 1. The van der Waals surface area contributed by atoms with Crippen molar-refractivity contribution >= 4 is 0 Å². The van der Waals surface area contributed by atoms with E-state index in [1.807, 2.05) is 30.3 Å². The molecule has 0 aliphatic carbocycles. The quantitative estimate of drug-likeness (QED) is 0.767. The van der Waals surface area contributed by atoms with E-state index < -0.39 is 18.3 Å². The molecule has 1 aliphatic rings. The van der Waals surface area contributed by atoms with Gasteiger partial charge in [-0.3, -0.25) is 4.90 Å². The van der Waals surface area contributed by atoms with Crippen LogP contribution in [0.25, 0.3) is 0 Å². The molecule has 0 atom stereocenters. The molecule has 1 aliphatic heterocycles. The summed E-state index contributed by atoms with van der Waals surface area (Å²) < 4.78 is 26.8. The number of alkyl halides is 2. The summed E-state index contributed by atoms with van der Waals surface area (Å²) in [6.45, 7) is 0.0128. The highest BCUT2D eigenvalue weighted by Crippen LogP contribution is 2.34. The number of benzene rings is 1. The summed E-state index contributed by atoms with van der Waals surface area (Å²) >= 11 is 0. The summed E-state index contributed by atoms with van der Waals surface area (Å²) in [6.07, 6.45) is -0.340. The number of rotatable bonds is 2. The van der Waals surface area contributed by atoms with E-state index in [0.717, 1.165) is 5.56 Å². The third-order valence-corrected chi connectivity index (χ3v) is 3.03. The van der Waals surface area contributed by atoms with E-state index >= 15 is 0 Å². The highest BCUT2D eigenvalue weighted by atomic mass is 19.3. The first-order chi connectivity index (χ1) is 7.91. The van der Waals surface area contributed by atoms with Gasteiger partial charge in [0, 0.05) is 19.5 Å². The lowest BCUT2D eigenvalue weighted by Crippen LogP contribution is -2.59. The van der Waals surface area contributed by atoms with Crippen molar-refractivity contribution in [1.82, 2.24) is 4.90 Å². The molecule has 0 aromatic heterocycles. The zero-order valence-electron chi connectivity index (χ0n) is 9.31. The van der Waals surface area contributed by atoms with Gasteiger partial charge in [-0.1, -0.05) is 30.3 Å². The molecule has 1 saturated heterocycles. The predicted octanol–water partition coefficient (Wildman–Crippen LogP) is 1.21. The molecule has 1 heterocycles. The Kier molecular flexibility index (Phi) is 3.16. The van der Waals surface area contributed by atoms with Crippen molar-refractivity contribution in [1.29, 1.82) is 0 Å². The molecular weight excluding hydrogens is 228 g/mol. The van der Waals surface area contributed by atoms with Crippen LogP contribution in [-0.2, 0) is 6.54 Å². The summed E-state index contributed by atoms with van der Waals surface area (Å²) in [5, 5.41) is 18.3. The van der Waals surface area contributed by atoms with Gasteiger partial charge in [0.15, 0.2) is 0 Å². The largest absolute Gasteiger partial charge is 0.361 e. The molecule has 5 heteroatoms. The summed E-state index contributed by atoms with van der Waals surface area (Å²) in [5.74, 6) is -6.36. The van der Waals surface area contributed by atoms with Crippen LogP contribution in [0.3, 0.4) is 0 Å². The van der Waals surface area contributed by atoms with Gasteiger partial charge in [-0.25, -0.2) is 0 Å². The second-order valence-electron chi connectivity index (χ2n) is 4.47. The molecule has 1 aromatic carbocycles. The van der Waals surface area contributed by atoms with E-state index in [0.29, 0.717) is 6.54 Å². The Labute approximate surface area is 98.3 Å². The molecule has 2 rings (SSSR count). The highest BCUT2D eigenvalue weighted by molar-refractivity contribution is 5.14. The summed E-state index contributed by atoms with van der Waals surface area (Å²) in [4.78, 5) is 1.53. The Morgan fingerprint density at radius 1 is 1.18 bits per heavy atom. The molecule has 0 spiro atoms. The molecule has 94 valence electrons. The van der Waals surface area contributed by atoms with Crippen molar-refractivity contribution in [3.8, 4) is 0 Å². The van der Waals surface area contributed by atoms with Crippen LogP contribution in [0, 0.1) is 0 Å². The number of halogens is 2. The minimum absolute atomic E-state index is 0.248. The monoisotopic (exact) mass is 243 g/mol. The maximum Gasteiger partial charge on any atom is 0.312 e. The molecule has 0 amide bonds. The van der Waals surface area contributed by atoms with Crippen LogP contribution >= 0.6 is 0 Å². The van der Waals surface area contributed by atoms with E-state index in [1.165, 1.54) is 4.90 Å². The Morgan fingerprint density at radius 2 is 1.82 bits per heavy atom. The standard InChI is InChI=1S/C12H15F2NO2/c13-11(14)9-15(7-6-12(11,16)17)8-10-4-2-1-3-5-10/h1-5,16-17H,6-9H2. The molecule has 17 heavy (non-hydrogen) atoms. The lowest BCUT2D eigenvalue weighted by atomic mass is 9.99. The maximum absolute atomic E-state index is 13.4. The van der Waals surface area contributed by atoms with Crippen LogP contribution in [0.5, 0.6) is 0 Å². The van der Waals surface area contributed by atoms with Crippen LogP contribution in [0.1, 0.15) is 12.0 Å². The van der Waals surface area contributed by atoms with Gasteiger partial charge in [0.05, 0.1) is 6.54 Å². The molecule has 3 nitrogen and oxygen atoms in total. The number of hydrogen-bond acceptors (Lipinski definition) is 3. The van der Waals surface area contributed by atoms with Crippen molar-refractivity contribution in [3.63, 3.8) is 0 Å². The van der Waals surface area contributed by atoms with Crippen molar-refractivity contribution in [2.75, 3.05) is 13.1 Å². The third kappa shape index (κ3) is 2.62. The fraction of sp³-hybridized carbons (Fsp3) is 0.500. The van der Waals surface area contributed by atoms with Crippen molar-refractivity contribution in [2.24, 2.45) is 0 Å². The average molecular weight is 243 g/mol. The lowest BCUT2D eigenvalue weighted by molar-refractivity contribution is -0.318. The first kappa shape index (κ1) is 12.4.